The van der Waals surface area contributed by atoms with Crippen molar-refractivity contribution >= 4 is 16.6 Å². The van der Waals surface area contributed by atoms with Gasteiger partial charge in [0.2, 0.25) is 0 Å². The lowest BCUT2D eigenvalue weighted by atomic mass is 9.91. The van der Waals surface area contributed by atoms with Crippen LogP contribution in [-0.2, 0) is 13.6 Å². The third kappa shape index (κ3) is 4.70. The number of hydrogen-bond donors (Lipinski definition) is 2. The summed E-state index contributed by atoms with van der Waals surface area (Å²) in [7, 11) is -3.86. The van der Waals surface area contributed by atoms with Crippen LogP contribution in [-0.4, -0.2) is 58.1 Å². The van der Waals surface area contributed by atoms with Crippen molar-refractivity contribution in [3.8, 4) is 0 Å². The maximum absolute atomic E-state index is 10.5. The molecule has 1 aliphatic carbocycles. The van der Waals surface area contributed by atoms with Crippen molar-refractivity contribution < 1.29 is 23.8 Å². The highest BCUT2D eigenvalue weighted by Crippen LogP contribution is 2.48. The Morgan fingerprint density at radius 1 is 0.926 bits per heavy atom. The summed E-state index contributed by atoms with van der Waals surface area (Å²) in [6.07, 6.45) is -1.39. The van der Waals surface area contributed by atoms with E-state index in [2.05, 4.69) is 67.7 Å². The molecule has 2 unspecified atom stereocenters. The number of fused-ring (bicyclic) bond motifs is 1. The van der Waals surface area contributed by atoms with Gasteiger partial charge in [-0.2, -0.15) is 0 Å². The average molecular weight is 419 g/mol. The summed E-state index contributed by atoms with van der Waals surface area (Å²) in [5.41, 5.74) is 0. The van der Waals surface area contributed by atoms with E-state index in [4.69, 9.17) is 13.6 Å². The Balaban J connectivity index is 2.21. The molecule has 0 amide bonds. The van der Waals surface area contributed by atoms with E-state index < -0.39 is 29.0 Å². The highest BCUT2D eigenvalue weighted by Gasteiger charge is 2.57. The molecule has 2 fully saturated rings. The third-order valence-electron chi connectivity index (χ3n) is 7.56. The largest absolute Gasteiger partial charge is 0.416 e. The quantitative estimate of drug-likeness (QED) is 0.658. The van der Waals surface area contributed by atoms with E-state index in [9.17, 15) is 10.2 Å². The van der Waals surface area contributed by atoms with Crippen LogP contribution in [0.1, 0.15) is 48.0 Å². The molecule has 2 aliphatic rings. The van der Waals surface area contributed by atoms with Gasteiger partial charge in [0.1, 0.15) is 6.10 Å². The molecular formula is C20H42O5Si2. The van der Waals surface area contributed by atoms with Crippen LogP contribution in [0.2, 0.25) is 36.3 Å². The lowest BCUT2D eigenvalue weighted by molar-refractivity contribution is -0.134. The van der Waals surface area contributed by atoms with Gasteiger partial charge in [-0.15, -0.1) is 0 Å². The van der Waals surface area contributed by atoms with Crippen LogP contribution in [0.4, 0.5) is 0 Å². The molecule has 1 aliphatic heterocycles. The van der Waals surface area contributed by atoms with Gasteiger partial charge < -0.3 is 23.8 Å². The molecule has 2 N–H and O–H groups in total. The lowest BCUT2D eigenvalue weighted by Gasteiger charge is -2.42. The van der Waals surface area contributed by atoms with Crippen molar-refractivity contribution in [2.45, 2.75) is 109 Å². The van der Waals surface area contributed by atoms with Crippen molar-refractivity contribution in [2.24, 2.45) is 11.8 Å². The molecule has 6 atom stereocenters. The predicted molar refractivity (Wildman–Crippen MR) is 114 cm³/mol. The van der Waals surface area contributed by atoms with Crippen LogP contribution in [0.5, 0.6) is 0 Å². The molecule has 0 aromatic rings. The van der Waals surface area contributed by atoms with E-state index >= 15 is 0 Å². The van der Waals surface area contributed by atoms with Gasteiger partial charge >= 0.3 is 0 Å². The summed E-state index contributed by atoms with van der Waals surface area (Å²) in [6.45, 7) is 23.0. The van der Waals surface area contributed by atoms with Crippen LogP contribution in [0.25, 0.3) is 0 Å². The van der Waals surface area contributed by atoms with Gasteiger partial charge in [0, 0.05) is 18.4 Å². The Labute approximate surface area is 168 Å². The molecule has 2 rings (SSSR count). The molecule has 1 heterocycles. The number of rotatable bonds is 5. The Kier molecular flexibility index (Phi) is 6.52. The molecule has 0 aromatic heterocycles. The second-order valence-electron chi connectivity index (χ2n) is 11.5. The van der Waals surface area contributed by atoms with E-state index in [1.165, 1.54) is 0 Å². The van der Waals surface area contributed by atoms with Crippen molar-refractivity contribution in [2.75, 3.05) is 6.61 Å². The number of hydrogen-bond acceptors (Lipinski definition) is 5. The zero-order valence-electron chi connectivity index (χ0n) is 19.0. The Bertz CT molecular complexity index is 523. The molecule has 7 heteroatoms. The molecule has 0 radical (unpaired) electrons. The van der Waals surface area contributed by atoms with Crippen molar-refractivity contribution in [3.05, 3.63) is 0 Å². The predicted octanol–water partition coefficient (Wildman–Crippen LogP) is 4.11. The maximum atomic E-state index is 10.5. The molecule has 0 bridgehead atoms. The first-order valence-corrected chi connectivity index (χ1v) is 16.1. The maximum Gasteiger partial charge on any atom is 0.192 e. The zero-order chi connectivity index (χ0) is 21.0. The first-order valence-electron chi connectivity index (χ1n) is 10.3. The van der Waals surface area contributed by atoms with Gasteiger partial charge in [-0.25, -0.2) is 0 Å². The standard InChI is InChI=1S/C20H42O5Si2/c1-19(2,3)26(7,8)23-12-13-14(25-27(9,10)20(4,5)6)11-15-16(13)17(21)18(22)24-15/h13-18,21-22H,11-12H2,1-10H3/t13-,14+,15-,16+,17?,18?/m1/s1. The Hall–Kier alpha value is 0.234. The fourth-order valence-corrected chi connectivity index (χ4v) is 6.01. The summed E-state index contributed by atoms with van der Waals surface area (Å²) in [5.74, 6) is -0.0788. The highest BCUT2D eigenvalue weighted by molar-refractivity contribution is 6.74. The molecule has 0 aromatic carbocycles. The first-order chi connectivity index (χ1) is 12.0. The van der Waals surface area contributed by atoms with E-state index in [1.54, 1.807) is 0 Å². The van der Waals surface area contributed by atoms with Gasteiger partial charge in [0.05, 0.1) is 12.2 Å². The average Bonchev–Trinajstić information content (AvgIpc) is 2.91. The van der Waals surface area contributed by atoms with E-state index in [0.29, 0.717) is 6.61 Å². The molecule has 160 valence electrons. The van der Waals surface area contributed by atoms with Gasteiger partial charge in [-0.05, 0) is 42.7 Å². The Morgan fingerprint density at radius 3 is 1.93 bits per heavy atom. The number of ether oxygens (including phenoxy) is 1. The minimum atomic E-state index is -1.95. The number of aliphatic hydroxyl groups is 2. The molecule has 5 nitrogen and oxygen atoms in total. The van der Waals surface area contributed by atoms with E-state index in [-0.39, 0.29) is 34.1 Å². The molecular weight excluding hydrogens is 376 g/mol. The highest BCUT2D eigenvalue weighted by atomic mass is 28.4. The van der Waals surface area contributed by atoms with Crippen molar-refractivity contribution in [1.82, 2.24) is 0 Å². The van der Waals surface area contributed by atoms with Gasteiger partial charge in [0.25, 0.3) is 0 Å². The summed E-state index contributed by atoms with van der Waals surface area (Å²) in [5, 5.41) is 20.8. The summed E-state index contributed by atoms with van der Waals surface area (Å²) in [4.78, 5) is 0. The molecule has 27 heavy (non-hydrogen) atoms. The minimum Gasteiger partial charge on any atom is -0.416 e. The van der Waals surface area contributed by atoms with Crippen molar-refractivity contribution in [1.29, 1.82) is 0 Å². The second kappa shape index (κ2) is 7.49. The van der Waals surface area contributed by atoms with E-state index in [1.807, 2.05) is 0 Å². The van der Waals surface area contributed by atoms with Crippen LogP contribution < -0.4 is 0 Å². The van der Waals surface area contributed by atoms with Gasteiger partial charge in [-0.3, -0.25) is 0 Å². The summed E-state index contributed by atoms with van der Waals surface area (Å²) in [6, 6.07) is 0. The first kappa shape index (κ1) is 23.5. The van der Waals surface area contributed by atoms with Gasteiger partial charge in [-0.1, -0.05) is 41.5 Å². The monoisotopic (exact) mass is 418 g/mol. The van der Waals surface area contributed by atoms with Crippen LogP contribution in [0.15, 0.2) is 0 Å². The fraction of sp³-hybridized carbons (Fsp3) is 1.00. The summed E-state index contributed by atoms with van der Waals surface area (Å²) < 4.78 is 18.9. The Morgan fingerprint density at radius 2 is 1.44 bits per heavy atom. The fourth-order valence-electron chi connectivity index (χ4n) is 3.58. The SMILES string of the molecule is CC(C)(C)[Si](C)(C)OC[C@H]1[C@@H]2C(O)C(O)O[C@@H]2C[C@@H]1O[Si](C)(C)C(C)(C)C. The van der Waals surface area contributed by atoms with Crippen molar-refractivity contribution in [3.63, 3.8) is 0 Å². The number of aliphatic hydroxyl groups excluding tert-OH is 2. The van der Waals surface area contributed by atoms with Gasteiger partial charge in [0.15, 0.2) is 22.9 Å². The molecule has 0 spiro atoms. The normalized spacial score (nSPS) is 35.6. The van der Waals surface area contributed by atoms with E-state index in [0.717, 1.165) is 6.42 Å². The zero-order valence-corrected chi connectivity index (χ0v) is 21.0. The molecule has 1 saturated carbocycles. The lowest BCUT2D eigenvalue weighted by Crippen LogP contribution is -2.48. The van der Waals surface area contributed by atoms with Crippen LogP contribution >= 0.6 is 0 Å². The summed E-state index contributed by atoms with van der Waals surface area (Å²) >= 11 is 0. The smallest absolute Gasteiger partial charge is 0.192 e. The topological polar surface area (TPSA) is 68.2 Å². The molecule has 1 saturated heterocycles. The van der Waals surface area contributed by atoms with Crippen LogP contribution in [0.3, 0.4) is 0 Å². The van der Waals surface area contributed by atoms with Crippen LogP contribution in [0, 0.1) is 11.8 Å². The second-order valence-corrected chi connectivity index (χ2v) is 21.1. The third-order valence-corrected chi connectivity index (χ3v) is 16.6. The minimum absolute atomic E-state index is 0.00723.